The van der Waals surface area contributed by atoms with Gasteiger partial charge in [-0.05, 0) is 76.5 Å². The highest BCUT2D eigenvalue weighted by atomic mass is 19.3. The van der Waals surface area contributed by atoms with Crippen LogP contribution < -0.4 is 0 Å². The number of carboxylic acid groups (broad SMARTS) is 1. The van der Waals surface area contributed by atoms with Gasteiger partial charge in [-0.3, -0.25) is 4.79 Å². The van der Waals surface area contributed by atoms with Gasteiger partial charge in [-0.2, -0.15) is 8.78 Å². The minimum Gasteiger partial charge on any atom is -0.477 e. The van der Waals surface area contributed by atoms with Crippen LogP contribution in [0.4, 0.5) is 8.78 Å². The van der Waals surface area contributed by atoms with Crippen molar-refractivity contribution in [2.75, 3.05) is 0 Å². The van der Waals surface area contributed by atoms with E-state index < -0.39 is 35.3 Å². The molecule has 0 amide bonds. The number of hydrogen-bond donors (Lipinski definition) is 1. The summed E-state index contributed by atoms with van der Waals surface area (Å²) in [5.74, 6) is -6.34. The second-order valence-corrected chi connectivity index (χ2v) is 9.01. The Morgan fingerprint density at radius 1 is 1.00 bits per heavy atom. The third kappa shape index (κ3) is 2.93. The zero-order valence-electron chi connectivity index (χ0n) is 14.4. The number of carbonyl (C=O) groups is 2. The number of alkyl halides is 2. The van der Waals surface area contributed by atoms with Crippen molar-refractivity contribution in [2.24, 2.45) is 35.0 Å². The highest BCUT2D eigenvalue weighted by Crippen LogP contribution is 2.59. The molecule has 6 heteroatoms. The highest BCUT2D eigenvalue weighted by molar-refractivity contribution is 5.79. The fourth-order valence-corrected chi connectivity index (χ4v) is 5.27. The van der Waals surface area contributed by atoms with E-state index in [1.165, 1.54) is 6.42 Å². The number of carboxylic acids is 1. The van der Waals surface area contributed by atoms with Gasteiger partial charge in [-0.1, -0.05) is 0 Å². The van der Waals surface area contributed by atoms with Crippen LogP contribution in [0.2, 0.25) is 0 Å². The third-order valence-electron chi connectivity index (χ3n) is 6.14. The van der Waals surface area contributed by atoms with E-state index in [0.717, 1.165) is 25.7 Å². The van der Waals surface area contributed by atoms with Crippen LogP contribution in [-0.2, 0) is 14.3 Å². The average Bonchev–Trinajstić information content (AvgIpc) is 2.43. The molecule has 136 valence electrons. The Morgan fingerprint density at radius 3 is 1.83 bits per heavy atom. The average molecular weight is 344 g/mol. The molecule has 4 saturated carbocycles. The molecule has 24 heavy (non-hydrogen) atoms. The lowest BCUT2D eigenvalue weighted by molar-refractivity contribution is -0.221. The molecule has 4 aliphatic carbocycles. The van der Waals surface area contributed by atoms with Crippen LogP contribution in [0.3, 0.4) is 0 Å². The van der Waals surface area contributed by atoms with Gasteiger partial charge in [-0.15, -0.1) is 0 Å². The summed E-state index contributed by atoms with van der Waals surface area (Å²) < 4.78 is 34.2. The Kier molecular flexibility index (Phi) is 4.16. The van der Waals surface area contributed by atoms with Crippen molar-refractivity contribution in [3.63, 3.8) is 0 Å². The Labute approximate surface area is 140 Å². The predicted molar refractivity (Wildman–Crippen MR) is 82.5 cm³/mol. The van der Waals surface area contributed by atoms with Gasteiger partial charge in [0.2, 0.25) is 0 Å². The van der Waals surface area contributed by atoms with Crippen LogP contribution in [-0.4, -0.2) is 29.1 Å². The Hall–Kier alpha value is -1.20. The van der Waals surface area contributed by atoms with Crippen molar-refractivity contribution in [3.05, 3.63) is 0 Å². The molecule has 0 heterocycles. The van der Waals surface area contributed by atoms with E-state index in [0.29, 0.717) is 11.8 Å². The first-order valence-electron chi connectivity index (χ1n) is 8.82. The number of carbonyl (C=O) groups excluding carboxylic acids is 1. The summed E-state index contributed by atoms with van der Waals surface area (Å²) in [6.45, 7) is 4.76. The van der Waals surface area contributed by atoms with Crippen molar-refractivity contribution < 1.29 is 28.2 Å². The first kappa shape index (κ1) is 17.6. The van der Waals surface area contributed by atoms with Gasteiger partial charge < -0.3 is 9.84 Å². The lowest BCUT2D eigenvalue weighted by Gasteiger charge is -2.56. The van der Waals surface area contributed by atoms with Crippen molar-refractivity contribution in [1.29, 1.82) is 0 Å². The van der Waals surface area contributed by atoms with E-state index in [-0.39, 0.29) is 11.8 Å². The van der Waals surface area contributed by atoms with Crippen LogP contribution in [0.1, 0.15) is 52.9 Å². The molecule has 0 aliphatic heterocycles. The van der Waals surface area contributed by atoms with Gasteiger partial charge in [0.1, 0.15) is 0 Å². The fourth-order valence-electron chi connectivity index (χ4n) is 5.27. The summed E-state index contributed by atoms with van der Waals surface area (Å²) in [7, 11) is 0. The normalized spacial score (nSPS) is 36.5. The minimum atomic E-state index is -4.05. The number of esters is 1. The lowest BCUT2D eigenvalue weighted by atomic mass is 9.50. The molecule has 0 saturated heterocycles. The monoisotopic (exact) mass is 344 g/mol. The molecule has 4 rings (SSSR count). The van der Waals surface area contributed by atoms with Gasteiger partial charge in [0.25, 0.3) is 0 Å². The second kappa shape index (κ2) is 5.67. The summed E-state index contributed by atoms with van der Waals surface area (Å²) >= 11 is 0. The van der Waals surface area contributed by atoms with Gasteiger partial charge in [0.05, 0.1) is 5.41 Å². The van der Waals surface area contributed by atoms with Gasteiger partial charge in [0, 0.05) is 5.92 Å². The molecule has 0 aromatic carbocycles. The van der Waals surface area contributed by atoms with E-state index in [1.807, 2.05) is 0 Å². The number of halogens is 2. The van der Waals surface area contributed by atoms with Crippen LogP contribution in [0, 0.1) is 35.0 Å². The molecule has 4 fully saturated rings. The SMILES string of the molecule is CC(C)(C)C(=O)OC(C1C2CC3CC(C2)CC1C3)C(F)(F)C(=O)O. The second-order valence-electron chi connectivity index (χ2n) is 9.01. The van der Waals surface area contributed by atoms with Gasteiger partial charge in [0.15, 0.2) is 6.10 Å². The van der Waals surface area contributed by atoms with E-state index in [9.17, 15) is 18.4 Å². The topological polar surface area (TPSA) is 63.6 Å². The predicted octanol–water partition coefficient (Wildman–Crippen LogP) is 3.74. The Bertz CT molecular complexity index is 510. The fraction of sp³-hybridized carbons (Fsp3) is 0.889. The lowest BCUT2D eigenvalue weighted by Crippen LogP contribution is -2.58. The van der Waals surface area contributed by atoms with Crippen LogP contribution in [0.25, 0.3) is 0 Å². The largest absolute Gasteiger partial charge is 0.477 e. The summed E-state index contributed by atoms with van der Waals surface area (Å²) in [5, 5.41) is 9.04. The summed E-state index contributed by atoms with van der Waals surface area (Å²) in [6.07, 6.45) is 2.74. The molecular formula is C18H26F2O4. The minimum absolute atomic E-state index is 0.0456. The number of ether oxygens (including phenoxy) is 1. The number of aliphatic carboxylic acids is 1. The molecule has 4 bridgehead atoms. The van der Waals surface area contributed by atoms with E-state index >= 15 is 0 Å². The first-order chi connectivity index (χ1) is 11.0. The van der Waals surface area contributed by atoms with Crippen LogP contribution in [0.5, 0.6) is 0 Å². The third-order valence-corrected chi connectivity index (χ3v) is 6.14. The van der Waals surface area contributed by atoms with E-state index in [4.69, 9.17) is 9.84 Å². The van der Waals surface area contributed by atoms with Crippen molar-refractivity contribution >= 4 is 11.9 Å². The summed E-state index contributed by atoms with van der Waals surface area (Å²) in [6, 6.07) is 0. The quantitative estimate of drug-likeness (QED) is 0.789. The standard InChI is InChI=1S/C18H26F2O4/c1-17(2,3)16(23)24-14(18(19,20)15(21)22)13-11-5-9-4-10(7-11)8-12(13)6-9/h9-14H,4-8H2,1-3H3,(H,21,22). The van der Waals surface area contributed by atoms with Gasteiger partial charge >= 0.3 is 17.9 Å². The van der Waals surface area contributed by atoms with Gasteiger partial charge in [-0.25, -0.2) is 4.79 Å². The van der Waals surface area contributed by atoms with E-state index in [2.05, 4.69) is 0 Å². The molecule has 4 nitrogen and oxygen atoms in total. The van der Waals surface area contributed by atoms with E-state index in [1.54, 1.807) is 20.8 Å². The summed E-state index contributed by atoms with van der Waals surface area (Å²) in [4.78, 5) is 23.4. The Balaban J connectivity index is 1.90. The molecule has 4 aliphatic rings. The van der Waals surface area contributed by atoms with Crippen LogP contribution >= 0.6 is 0 Å². The summed E-state index contributed by atoms with van der Waals surface area (Å²) in [5.41, 5.74) is -0.946. The maximum atomic E-state index is 14.5. The molecule has 0 aromatic rings. The first-order valence-corrected chi connectivity index (χ1v) is 8.82. The zero-order chi connectivity index (χ0) is 17.9. The smallest absolute Gasteiger partial charge is 0.378 e. The Morgan fingerprint density at radius 2 is 1.46 bits per heavy atom. The maximum Gasteiger partial charge on any atom is 0.378 e. The number of hydrogen-bond acceptors (Lipinski definition) is 3. The van der Waals surface area contributed by atoms with Crippen molar-refractivity contribution in [3.8, 4) is 0 Å². The molecule has 1 unspecified atom stereocenters. The van der Waals surface area contributed by atoms with Crippen molar-refractivity contribution in [1.82, 2.24) is 0 Å². The van der Waals surface area contributed by atoms with Crippen LogP contribution in [0.15, 0.2) is 0 Å². The highest BCUT2D eigenvalue weighted by Gasteiger charge is 2.61. The molecule has 1 N–H and O–H groups in total. The molecule has 0 aromatic heterocycles. The maximum absolute atomic E-state index is 14.5. The number of rotatable bonds is 4. The molecular weight excluding hydrogens is 318 g/mol. The molecule has 0 spiro atoms. The van der Waals surface area contributed by atoms with Crippen molar-refractivity contribution in [2.45, 2.75) is 64.9 Å². The molecule has 1 atom stereocenters. The molecule has 0 radical (unpaired) electrons. The zero-order valence-corrected chi connectivity index (χ0v) is 14.4.